The van der Waals surface area contributed by atoms with E-state index in [2.05, 4.69) is 10.6 Å². The van der Waals surface area contributed by atoms with Crippen molar-refractivity contribution < 1.29 is 14.0 Å². The maximum absolute atomic E-state index is 12.9. The molecule has 1 unspecified atom stereocenters. The lowest BCUT2D eigenvalue weighted by Crippen LogP contribution is -2.44. The third-order valence-electron chi connectivity index (χ3n) is 5.18. The third kappa shape index (κ3) is 5.01. The first kappa shape index (κ1) is 17.9. The summed E-state index contributed by atoms with van der Waals surface area (Å²) in [6, 6.07) is 6.46. The van der Waals surface area contributed by atoms with E-state index >= 15 is 0 Å². The van der Waals surface area contributed by atoms with Gasteiger partial charge in [-0.3, -0.25) is 9.59 Å². The molecular weight excluding hydrogens is 321 g/mol. The second-order valence-corrected chi connectivity index (χ2v) is 7.00. The van der Waals surface area contributed by atoms with Crippen LogP contribution in [0, 0.1) is 11.7 Å². The molecule has 2 amide bonds. The molecule has 2 aliphatic heterocycles. The standard InChI is InChI=1S/C19H26FN3O2/c20-16-5-3-14(4-6-16)13-22-19(25)15-7-10-23(11-8-15)18(24)12-17-2-1-9-21-17/h3-6,15,17,21H,1-2,7-13H2,(H,22,25). The van der Waals surface area contributed by atoms with Gasteiger partial charge in [0.15, 0.2) is 0 Å². The fourth-order valence-corrected chi connectivity index (χ4v) is 3.60. The Kier molecular flexibility index (Phi) is 6.02. The molecule has 3 rings (SSSR count). The van der Waals surface area contributed by atoms with Gasteiger partial charge in [-0.15, -0.1) is 0 Å². The smallest absolute Gasteiger partial charge is 0.224 e. The summed E-state index contributed by atoms with van der Waals surface area (Å²) in [4.78, 5) is 26.5. The largest absolute Gasteiger partial charge is 0.352 e. The summed E-state index contributed by atoms with van der Waals surface area (Å²) in [5.74, 6) is -0.104. The van der Waals surface area contributed by atoms with Crippen LogP contribution in [0.2, 0.25) is 0 Å². The van der Waals surface area contributed by atoms with Crippen LogP contribution in [0.5, 0.6) is 0 Å². The summed E-state index contributed by atoms with van der Waals surface area (Å²) in [5.41, 5.74) is 0.881. The number of carbonyl (C=O) groups excluding carboxylic acids is 2. The molecule has 2 fully saturated rings. The van der Waals surface area contributed by atoms with Crippen molar-refractivity contribution in [2.75, 3.05) is 19.6 Å². The highest BCUT2D eigenvalue weighted by atomic mass is 19.1. The molecule has 25 heavy (non-hydrogen) atoms. The minimum atomic E-state index is -0.278. The van der Waals surface area contributed by atoms with Crippen LogP contribution in [-0.2, 0) is 16.1 Å². The summed E-state index contributed by atoms with van der Waals surface area (Å²) in [6.45, 7) is 2.72. The van der Waals surface area contributed by atoms with Crippen molar-refractivity contribution in [1.82, 2.24) is 15.5 Å². The Hall–Kier alpha value is -1.95. The fraction of sp³-hybridized carbons (Fsp3) is 0.579. The molecule has 1 aromatic carbocycles. The van der Waals surface area contributed by atoms with Gasteiger partial charge in [0, 0.05) is 38.0 Å². The van der Waals surface area contributed by atoms with Gasteiger partial charge in [-0.1, -0.05) is 12.1 Å². The van der Waals surface area contributed by atoms with E-state index in [1.54, 1.807) is 12.1 Å². The monoisotopic (exact) mass is 347 g/mol. The molecule has 136 valence electrons. The lowest BCUT2D eigenvalue weighted by molar-refractivity contribution is -0.136. The summed E-state index contributed by atoms with van der Waals surface area (Å²) in [5, 5.41) is 6.27. The fourth-order valence-electron chi connectivity index (χ4n) is 3.60. The number of halogens is 1. The number of piperidine rings is 1. The number of amides is 2. The van der Waals surface area contributed by atoms with E-state index in [1.165, 1.54) is 12.1 Å². The first-order valence-electron chi connectivity index (χ1n) is 9.15. The molecule has 1 aromatic rings. The highest BCUT2D eigenvalue weighted by Gasteiger charge is 2.28. The number of hydrogen-bond acceptors (Lipinski definition) is 3. The van der Waals surface area contributed by atoms with Gasteiger partial charge in [-0.25, -0.2) is 4.39 Å². The van der Waals surface area contributed by atoms with E-state index in [0.29, 0.717) is 44.9 Å². The molecule has 2 N–H and O–H groups in total. The van der Waals surface area contributed by atoms with E-state index < -0.39 is 0 Å². The maximum atomic E-state index is 12.9. The van der Waals surface area contributed by atoms with Gasteiger partial charge in [-0.2, -0.15) is 0 Å². The van der Waals surface area contributed by atoms with Crippen molar-refractivity contribution in [3.63, 3.8) is 0 Å². The molecular formula is C19H26FN3O2. The van der Waals surface area contributed by atoms with Gasteiger partial charge in [0.1, 0.15) is 5.82 Å². The predicted molar refractivity (Wildman–Crippen MR) is 93.2 cm³/mol. The molecule has 1 atom stereocenters. The van der Waals surface area contributed by atoms with Crippen LogP contribution in [-0.4, -0.2) is 42.4 Å². The molecule has 2 saturated heterocycles. The lowest BCUT2D eigenvalue weighted by Gasteiger charge is -2.32. The average Bonchev–Trinajstić information content (AvgIpc) is 3.14. The summed E-state index contributed by atoms with van der Waals surface area (Å²) >= 11 is 0. The van der Waals surface area contributed by atoms with Gasteiger partial charge < -0.3 is 15.5 Å². The van der Waals surface area contributed by atoms with E-state index in [-0.39, 0.29) is 23.5 Å². The average molecular weight is 347 g/mol. The maximum Gasteiger partial charge on any atom is 0.224 e. The van der Waals surface area contributed by atoms with Gasteiger partial charge in [0.05, 0.1) is 0 Å². The number of likely N-dealkylation sites (tertiary alicyclic amines) is 1. The molecule has 0 radical (unpaired) electrons. The number of benzene rings is 1. The van der Waals surface area contributed by atoms with Crippen LogP contribution < -0.4 is 10.6 Å². The number of hydrogen-bond donors (Lipinski definition) is 2. The van der Waals surface area contributed by atoms with Gasteiger partial charge >= 0.3 is 0 Å². The van der Waals surface area contributed by atoms with Crippen LogP contribution in [0.15, 0.2) is 24.3 Å². The van der Waals surface area contributed by atoms with Crippen molar-refractivity contribution in [1.29, 1.82) is 0 Å². The van der Waals surface area contributed by atoms with E-state index in [4.69, 9.17) is 0 Å². The first-order valence-corrected chi connectivity index (χ1v) is 9.15. The number of nitrogens with one attached hydrogen (secondary N) is 2. The normalized spacial score (nSPS) is 21.3. The van der Waals surface area contributed by atoms with Crippen molar-refractivity contribution in [2.45, 2.75) is 44.7 Å². The number of carbonyl (C=O) groups is 2. The predicted octanol–water partition coefficient (Wildman–Crippen LogP) is 1.82. The molecule has 0 bridgehead atoms. The second kappa shape index (κ2) is 8.43. The number of nitrogens with zero attached hydrogens (tertiary/aromatic N) is 1. The van der Waals surface area contributed by atoms with Crippen molar-refractivity contribution in [2.24, 2.45) is 5.92 Å². The quantitative estimate of drug-likeness (QED) is 0.854. The molecule has 0 aromatic heterocycles. The molecule has 2 aliphatic rings. The van der Waals surface area contributed by atoms with Crippen LogP contribution in [0.3, 0.4) is 0 Å². The topological polar surface area (TPSA) is 61.4 Å². The Bertz CT molecular complexity index is 591. The van der Waals surface area contributed by atoms with Crippen molar-refractivity contribution >= 4 is 11.8 Å². The zero-order valence-corrected chi connectivity index (χ0v) is 14.5. The molecule has 6 heteroatoms. The Morgan fingerprint density at radius 3 is 2.52 bits per heavy atom. The van der Waals surface area contributed by atoms with Crippen LogP contribution in [0.4, 0.5) is 4.39 Å². The first-order chi connectivity index (χ1) is 12.1. The molecule has 0 aliphatic carbocycles. The summed E-state index contributed by atoms with van der Waals surface area (Å²) in [7, 11) is 0. The Morgan fingerprint density at radius 1 is 1.16 bits per heavy atom. The Labute approximate surface area is 148 Å². The zero-order chi connectivity index (χ0) is 17.6. The Morgan fingerprint density at radius 2 is 1.88 bits per heavy atom. The van der Waals surface area contributed by atoms with Gasteiger partial charge in [-0.05, 0) is 49.9 Å². The molecule has 2 heterocycles. The van der Waals surface area contributed by atoms with Crippen LogP contribution in [0.1, 0.15) is 37.7 Å². The second-order valence-electron chi connectivity index (χ2n) is 7.00. The van der Waals surface area contributed by atoms with E-state index in [0.717, 1.165) is 24.9 Å². The zero-order valence-electron chi connectivity index (χ0n) is 14.5. The van der Waals surface area contributed by atoms with Gasteiger partial charge in [0.25, 0.3) is 0 Å². The summed E-state index contributed by atoms with van der Waals surface area (Å²) in [6.07, 6.45) is 4.21. The highest BCUT2D eigenvalue weighted by molar-refractivity contribution is 5.80. The van der Waals surface area contributed by atoms with Crippen LogP contribution in [0.25, 0.3) is 0 Å². The Balaban J connectivity index is 1.39. The third-order valence-corrected chi connectivity index (χ3v) is 5.18. The minimum absolute atomic E-state index is 0.0221. The van der Waals surface area contributed by atoms with E-state index in [1.807, 2.05) is 4.90 Å². The highest BCUT2D eigenvalue weighted by Crippen LogP contribution is 2.19. The lowest BCUT2D eigenvalue weighted by atomic mass is 9.95. The summed E-state index contributed by atoms with van der Waals surface area (Å²) < 4.78 is 12.9. The molecule has 0 spiro atoms. The van der Waals surface area contributed by atoms with Gasteiger partial charge in [0.2, 0.25) is 11.8 Å². The van der Waals surface area contributed by atoms with Crippen molar-refractivity contribution in [3.8, 4) is 0 Å². The van der Waals surface area contributed by atoms with Crippen LogP contribution >= 0.6 is 0 Å². The van der Waals surface area contributed by atoms with E-state index in [9.17, 15) is 14.0 Å². The number of rotatable bonds is 5. The SMILES string of the molecule is O=C(NCc1ccc(F)cc1)C1CCN(C(=O)CC2CCCN2)CC1. The van der Waals surface area contributed by atoms with Crippen molar-refractivity contribution in [3.05, 3.63) is 35.6 Å². The minimum Gasteiger partial charge on any atom is -0.352 e. The molecule has 0 saturated carbocycles. The molecule has 5 nitrogen and oxygen atoms in total.